The van der Waals surface area contributed by atoms with Crippen molar-refractivity contribution in [2.75, 3.05) is 0 Å². The highest BCUT2D eigenvalue weighted by Crippen LogP contribution is 2.57. The maximum Gasteiger partial charge on any atom is 0.346 e. The first-order chi connectivity index (χ1) is 66.3. The van der Waals surface area contributed by atoms with Gasteiger partial charge in [0.2, 0.25) is 0 Å². The molecule has 0 atom stereocenters. The van der Waals surface area contributed by atoms with Gasteiger partial charge in [0.05, 0.1) is 0 Å². The van der Waals surface area contributed by atoms with Crippen LogP contribution in [-0.2, 0) is 77.0 Å². The molecule has 0 fully saturated rings. The molecule has 0 radical (unpaired) electrons. The van der Waals surface area contributed by atoms with Gasteiger partial charge in [-0.05, 0) is 299 Å². The molecular formula is C121H170O2S12. The molecular weight excluding hydrogens is 1870 g/mol. The molecule has 0 spiro atoms. The number of carboxylic acids is 1. The molecule has 12 rings (SSSR count). The summed E-state index contributed by atoms with van der Waals surface area (Å²) in [4.78, 5) is 46.3. The quantitative estimate of drug-likeness (QED) is 0.0386. The fourth-order valence-corrected chi connectivity index (χ4v) is 35.5. The van der Waals surface area contributed by atoms with Crippen LogP contribution in [0.2, 0.25) is 0 Å². The molecule has 0 aliphatic heterocycles. The molecule has 0 aliphatic rings. The van der Waals surface area contributed by atoms with Gasteiger partial charge in [-0.1, -0.05) is 314 Å². The Bertz CT molecular complexity index is 5330. The Morgan fingerprint density at radius 3 is 0.481 bits per heavy atom. The molecule has 0 saturated heterocycles. The molecule has 0 unspecified atom stereocenters. The van der Waals surface area contributed by atoms with Crippen LogP contribution in [0.4, 0.5) is 0 Å². The highest BCUT2D eigenvalue weighted by Gasteiger charge is 2.30. The smallest absolute Gasteiger partial charge is 0.346 e. The Morgan fingerprint density at radius 1 is 0.178 bits per heavy atom. The van der Waals surface area contributed by atoms with Gasteiger partial charge in [0.15, 0.2) is 0 Å². The zero-order valence-corrected chi connectivity index (χ0v) is 95.5. The molecule has 0 aliphatic carbocycles. The van der Waals surface area contributed by atoms with E-state index in [-0.39, 0.29) is 0 Å². The van der Waals surface area contributed by atoms with Crippen molar-refractivity contribution < 1.29 is 9.90 Å². The molecule has 2 nitrogen and oxygen atoms in total. The molecule has 1 N–H and O–H groups in total. The largest absolute Gasteiger partial charge is 0.477 e. The van der Waals surface area contributed by atoms with Crippen LogP contribution in [0.25, 0.3) is 107 Å². The van der Waals surface area contributed by atoms with Crippen molar-refractivity contribution in [1.29, 1.82) is 0 Å². The monoisotopic (exact) mass is 2040 g/mol. The number of rotatable bonds is 72. The molecule has 0 amide bonds. The molecule has 0 saturated carbocycles. The first kappa shape index (κ1) is 110. The average Bonchev–Trinajstić information content (AvgIpc) is 1.61. The predicted molar refractivity (Wildman–Crippen MR) is 622 cm³/mol. The van der Waals surface area contributed by atoms with E-state index in [1.807, 2.05) is 22.7 Å². The van der Waals surface area contributed by atoms with Crippen LogP contribution in [0.15, 0.2) is 78.2 Å². The lowest BCUT2D eigenvalue weighted by molar-refractivity contribution is 0.0701. The molecule has 12 heterocycles. The van der Waals surface area contributed by atoms with Gasteiger partial charge in [0.25, 0.3) is 0 Å². The summed E-state index contributed by atoms with van der Waals surface area (Å²) in [5.41, 5.74) is 18.2. The maximum absolute atomic E-state index is 13.1. The summed E-state index contributed by atoms with van der Waals surface area (Å²) in [5.74, 6) is -0.770. The zero-order chi connectivity index (χ0) is 94.9. The SMILES string of the molecule is CCCCCCc1cc(-c2sc(-c3sc(-c4sc(-c5sc(-c6sc(-c7sc(-c8sc(-c9sc(-c%10sc(-c%11sc(-c%12sccc%12CCCCCC)cc%11CCCCCC)cc%10CCCCCC)cc9CCCCCC)cc8CCCCCC)cc7CCCCCC)cc6CCCCCC)cc5CCCCCC)cc4CCCCCC)cc3CCCCCC)cc2CCCCCC)sc1C(=O)O. The maximum atomic E-state index is 13.1. The molecule has 135 heavy (non-hydrogen) atoms. The topological polar surface area (TPSA) is 37.3 Å². The Labute approximate surface area is 868 Å². The molecule has 12 aromatic heterocycles. The lowest BCUT2D eigenvalue weighted by atomic mass is 10.0. The van der Waals surface area contributed by atoms with Crippen LogP contribution in [-0.4, -0.2) is 11.1 Å². The summed E-state index contributed by atoms with van der Waals surface area (Å²) in [5, 5.41) is 13.1. The first-order valence-corrected chi connectivity index (χ1v) is 64.9. The lowest BCUT2D eigenvalue weighted by Crippen LogP contribution is -1.97. The van der Waals surface area contributed by atoms with Crippen molar-refractivity contribution in [3.63, 3.8) is 0 Å². The molecule has 12 aromatic rings. The van der Waals surface area contributed by atoms with Crippen molar-refractivity contribution in [3.8, 4) is 107 Å². The Kier molecular flexibility index (Phi) is 49.1. The van der Waals surface area contributed by atoms with E-state index in [1.54, 1.807) is 74.5 Å². The molecule has 738 valence electrons. The van der Waals surface area contributed by atoms with Gasteiger partial charge in [0.1, 0.15) is 4.88 Å². The number of hydrogen-bond donors (Lipinski definition) is 1. The van der Waals surface area contributed by atoms with E-state index in [2.05, 4.69) is 263 Å². The van der Waals surface area contributed by atoms with Crippen LogP contribution in [0, 0.1) is 0 Å². The van der Waals surface area contributed by atoms with Crippen LogP contribution in [0.3, 0.4) is 0 Å². The van der Waals surface area contributed by atoms with Crippen molar-refractivity contribution in [2.24, 2.45) is 0 Å². The van der Waals surface area contributed by atoms with E-state index in [0.29, 0.717) is 4.88 Å². The summed E-state index contributed by atoms with van der Waals surface area (Å²) < 4.78 is 0. The normalized spacial score (nSPS) is 11.9. The highest BCUT2D eigenvalue weighted by atomic mass is 32.1. The fraction of sp³-hybridized carbons (Fsp3) is 0.595. The van der Waals surface area contributed by atoms with Gasteiger partial charge in [-0.25, -0.2) is 4.79 Å². The summed E-state index contributed by atoms with van der Waals surface area (Å²) in [7, 11) is 0. The van der Waals surface area contributed by atoms with Crippen molar-refractivity contribution in [1.82, 2.24) is 0 Å². The number of aryl methyl sites for hydroxylation is 12. The van der Waals surface area contributed by atoms with Gasteiger partial charge in [0, 0.05) is 107 Å². The van der Waals surface area contributed by atoms with Gasteiger partial charge >= 0.3 is 5.97 Å². The third kappa shape index (κ3) is 31.9. The second-order valence-corrected chi connectivity index (χ2v) is 51.9. The van der Waals surface area contributed by atoms with E-state index in [1.165, 1.54) is 402 Å². The minimum absolute atomic E-state index is 0.546. The van der Waals surface area contributed by atoms with Gasteiger partial charge in [-0.15, -0.1) is 136 Å². The van der Waals surface area contributed by atoms with Gasteiger partial charge < -0.3 is 5.11 Å². The predicted octanol–water partition coefficient (Wildman–Crippen LogP) is 45.9. The molecule has 0 bridgehead atoms. The number of carboxylic acid groups (broad SMARTS) is 1. The number of aromatic carboxylic acids is 1. The first-order valence-electron chi connectivity index (χ1n) is 55.1. The van der Waals surface area contributed by atoms with E-state index in [9.17, 15) is 9.90 Å². The third-order valence-electron chi connectivity index (χ3n) is 27.9. The van der Waals surface area contributed by atoms with Crippen molar-refractivity contribution >= 4 is 142 Å². The Morgan fingerprint density at radius 2 is 0.319 bits per heavy atom. The second kappa shape index (κ2) is 60.5. The Hall–Kier alpha value is -4.13. The minimum atomic E-state index is -0.770. The number of thiophene rings is 12. The third-order valence-corrected chi connectivity index (χ3v) is 43.8. The minimum Gasteiger partial charge on any atom is -0.477 e. The van der Waals surface area contributed by atoms with Crippen LogP contribution in [0.5, 0.6) is 0 Å². The van der Waals surface area contributed by atoms with E-state index in [0.717, 1.165) is 93.9 Å². The van der Waals surface area contributed by atoms with Gasteiger partial charge in [-0.2, -0.15) is 0 Å². The second-order valence-electron chi connectivity index (χ2n) is 39.4. The van der Waals surface area contributed by atoms with E-state index in [4.69, 9.17) is 0 Å². The summed E-state index contributed by atoms with van der Waals surface area (Å²) >= 11 is 24.8. The molecule has 14 heteroatoms. The Balaban J connectivity index is 0.963. The van der Waals surface area contributed by atoms with Gasteiger partial charge in [-0.3, -0.25) is 0 Å². The van der Waals surface area contributed by atoms with Crippen LogP contribution >= 0.6 is 136 Å². The number of hydrogen-bond acceptors (Lipinski definition) is 13. The standard InChI is InChI=1S/C121H170O2S12/c1-13-25-37-49-61-86-73-74-124-109(86)98-75-87(62-50-38-26-14-2)110(125-98)99-76-88(63-51-39-27-15-3)111(126-99)100-77-89(64-52-40-28-16-4)112(127-100)101-78-90(65-53-41-29-17-5)113(128-101)102-79-91(66-54-42-30-18-6)114(129-102)103-80-92(67-55-43-31-19-7)115(130-103)104-81-93(68-56-44-32-20-8)116(131-104)105-82-94(69-57-45-33-21-9)117(132-105)106-83-95(70-58-46-34-22-10)118(133-106)107-84-96(71-59-47-35-23-11)119(134-107)108-85-97(72-60-48-36-24-12)120(135-108)121(122)123/h73-85H,13-72H2,1-12H3,(H,122,123). The summed E-state index contributed by atoms with van der Waals surface area (Å²) in [6.07, 6.45) is 73.4. The number of unbranched alkanes of at least 4 members (excludes halogenated alkanes) is 36. The van der Waals surface area contributed by atoms with Crippen LogP contribution in [0.1, 0.15) is 468 Å². The fourth-order valence-electron chi connectivity index (χ4n) is 19.9. The van der Waals surface area contributed by atoms with Crippen LogP contribution < -0.4 is 0 Å². The molecule has 0 aromatic carbocycles. The summed E-state index contributed by atoms with van der Waals surface area (Å²) in [6, 6.07) is 31.8. The van der Waals surface area contributed by atoms with Crippen molar-refractivity contribution in [2.45, 2.75) is 468 Å². The van der Waals surface area contributed by atoms with E-state index < -0.39 is 5.97 Å². The van der Waals surface area contributed by atoms with Crippen molar-refractivity contribution in [3.05, 3.63) is 150 Å². The average molecular weight is 2040 g/mol. The summed E-state index contributed by atoms with van der Waals surface area (Å²) in [6.45, 7) is 28.3. The van der Waals surface area contributed by atoms with E-state index >= 15 is 0 Å². The lowest BCUT2D eigenvalue weighted by Gasteiger charge is -2.02. The zero-order valence-electron chi connectivity index (χ0n) is 85.7. The number of carbonyl (C=O) groups is 1. The highest BCUT2D eigenvalue weighted by molar-refractivity contribution is 7.33.